The molecule has 5 aromatic rings. The molecule has 0 aliphatic heterocycles. The number of rotatable bonds is 1. The molecular formula is C26H20N2O. The lowest BCUT2D eigenvalue weighted by Crippen LogP contribution is -2.16. The highest BCUT2D eigenvalue weighted by atomic mass is 16.3. The second-order valence-corrected chi connectivity index (χ2v) is 8.37. The van der Waals surface area contributed by atoms with Crippen LogP contribution >= 0.6 is 0 Å². The zero-order valence-corrected chi connectivity index (χ0v) is 16.7. The van der Waals surface area contributed by atoms with Gasteiger partial charge in [-0.3, -0.25) is 9.97 Å². The van der Waals surface area contributed by atoms with Crippen molar-refractivity contribution in [2.45, 2.75) is 26.2 Å². The van der Waals surface area contributed by atoms with E-state index >= 15 is 0 Å². The van der Waals surface area contributed by atoms with Gasteiger partial charge in [-0.2, -0.15) is 0 Å². The molecule has 3 nitrogen and oxygen atoms in total. The van der Waals surface area contributed by atoms with Gasteiger partial charge in [0.15, 0.2) is 0 Å². The highest BCUT2D eigenvalue weighted by Gasteiger charge is 2.37. The van der Waals surface area contributed by atoms with Crippen LogP contribution in [0.3, 0.4) is 0 Å². The number of furan rings is 1. The van der Waals surface area contributed by atoms with Gasteiger partial charge >= 0.3 is 0 Å². The maximum absolute atomic E-state index is 6.47. The third-order valence-corrected chi connectivity index (χ3v) is 6.27. The van der Waals surface area contributed by atoms with Crippen molar-refractivity contribution in [1.29, 1.82) is 0 Å². The number of benzene rings is 2. The summed E-state index contributed by atoms with van der Waals surface area (Å²) in [4.78, 5) is 9.27. The van der Waals surface area contributed by atoms with Gasteiger partial charge in [0.2, 0.25) is 0 Å². The number of aromatic nitrogens is 2. The van der Waals surface area contributed by atoms with Crippen LogP contribution in [0.15, 0.2) is 71.4 Å². The summed E-state index contributed by atoms with van der Waals surface area (Å²) in [5, 5.41) is 2.28. The van der Waals surface area contributed by atoms with Crippen LogP contribution < -0.4 is 0 Å². The van der Waals surface area contributed by atoms with E-state index < -0.39 is 0 Å². The number of aryl methyl sites for hydroxylation is 1. The number of pyridine rings is 2. The van der Waals surface area contributed by atoms with Crippen molar-refractivity contribution < 1.29 is 4.42 Å². The third kappa shape index (κ3) is 2.13. The molecular weight excluding hydrogens is 356 g/mol. The molecule has 140 valence electrons. The van der Waals surface area contributed by atoms with Crippen LogP contribution in [0.5, 0.6) is 0 Å². The highest BCUT2D eigenvalue weighted by molar-refractivity contribution is 6.11. The molecule has 1 aliphatic rings. The second kappa shape index (κ2) is 5.54. The Morgan fingerprint density at radius 2 is 1.69 bits per heavy atom. The normalized spacial score (nSPS) is 14.3. The zero-order chi connectivity index (χ0) is 19.8. The van der Waals surface area contributed by atoms with Crippen molar-refractivity contribution in [3.63, 3.8) is 0 Å². The smallest absolute Gasteiger partial charge is 0.145 e. The minimum Gasteiger partial charge on any atom is -0.455 e. The number of nitrogens with zero attached hydrogens (tertiary/aromatic N) is 2. The van der Waals surface area contributed by atoms with Gasteiger partial charge in [-0.25, -0.2) is 0 Å². The van der Waals surface area contributed by atoms with Crippen LogP contribution in [0.1, 0.15) is 30.7 Å². The molecule has 0 bridgehead atoms. The molecule has 0 atom stereocenters. The van der Waals surface area contributed by atoms with Crippen molar-refractivity contribution in [2.75, 3.05) is 0 Å². The largest absolute Gasteiger partial charge is 0.455 e. The Labute approximate surface area is 169 Å². The molecule has 0 saturated carbocycles. The Bertz CT molecular complexity index is 1430. The molecule has 2 aromatic carbocycles. The Hall–Kier alpha value is -3.46. The Morgan fingerprint density at radius 3 is 2.52 bits per heavy atom. The summed E-state index contributed by atoms with van der Waals surface area (Å²) in [5.41, 5.74) is 9.74. The van der Waals surface area contributed by atoms with Gasteiger partial charge in [0.05, 0.1) is 11.4 Å². The lowest BCUT2D eigenvalue weighted by Gasteiger charge is -2.19. The molecule has 0 spiro atoms. The van der Waals surface area contributed by atoms with Gasteiger partial charge in [0, 0.05) is 39.7 Å². The zero-order valence-electron chi connectivity index (χ0n) is 16.7. The van der Waals surface area contributed by atoms with Gasteiger partial charge in [0.1, 0.15) is 11.2 Å². The number of hydrogen-bond donors (Lipinski definition) is 0. The average Bonchev–Trinajstić information content (AvgIpc) is 3.20. The molecule has 0 radical (unpaired) electrons. The first kappa shape index (κ1) is 16.5. The summed E-state index contributed by atoms with van der Waals surface area (Å²) < 4.78 is 6.47. The quantitative estimate of drug-likeness (QED) is 0.328. The molecule has 1 aliphatic carbocycles. The summed E-state index contributed by atoms with van der Waals surface area (Å²) in [6, 6.07) is 19.0. The fourth-order valence-corrected chi connectivity index (χ4v) is 4.80. The van der Waals surface area contributed by atoms with Crippen LogP contribution in [-0.2, 0) is 5.41 Å². The van der Waals surface area contributed by atoms with Gasteiger partial charge < -0.3 is 4.42 Å². The summed E-state index contributed by atoms with van der Waals surface area (Å²) in [5.74, 6) is 0. The standard InChI is InChI=1S/C26H20N2O/c1-15-9-10-16-19-13-20-18(17-7-6-12-28-25(17)26(20,2)3)14-22(19)29-24(16)23(15)21-8-4-5-11-27-21/h4-14H,1-3H3. The SMILES string of the molecule is Cc1ccc2c(oc3cc4c(cc32)C(C)(C)c2ncccc2-4)c1-c1ccccn1. The molecule has 3 heterocycles. The Kier molecular flexibility index (Phi) is 3.15. The number of hydrogen-bond acceptors (Lipinski definition) is 3. The topological polar surface area (TPSA) is 38.9 Å². The monoisotopic (exact) mass is 376 g/mol. The van der Waals surface area contributed by atoms with Crippen LogP contribution in [0.4, 0.5) is 0 Å². The molecule has 3 aromatic heterocycles. The summed E-state index contributed by atoms with van der Waals surface area (Å²) in [6.45, 7) is 6.62. The van der Waals surface area contributed by atoms with E-state index in [2.05, 4.69) is 56.1 Å². The van der Waals surface area contributed by atoms with Gasteiger partial charge in [-0.15, -0.1) is 0 Å². The molecule has 0 N–H and O–H groups in total. The van der Waals surface area contributed by atoms with Gasteiger partial charge in [-0.1, -0.05) is 38.1 Å². The van der Waals surface area contributed by atoms with E-state index in [0.717, 1.165) is 44.5 Å². The summed E-state index contributed by atoms with van der Waals surface area (Å²) >= 11 is 0. The minimum absolute atomic E-state index is 0.127. The highest BCUT2D eigenvalue weighted by Crippen LogP contribution is 2.50. The van der Waals surface area contributed by atoms with E-state index in [1.54, 1.807) is 0 Å². The lowest BCUT2D eigenvalue weighted by atomic mass is 9.84. The molecule has 0 unspecified atom stereocenters. The maximum atomic E-state index is 6.47. The molecule has 0 fully saturated rings. The maximum Gasteiger partial charge on any atom is 0.145 e. The van der Waals surface area contributed by atoms with Crippen LogP contribution in [0.25, 0.3) is 44.3 Å². The molecule has 0 amide bonds. The van der Waals surface area contributed by atoms with E-state index in [-0.39, 0.29) is 5.41 Å². The first-order valence-electron chi connectivity index (χ1n) is 9.93. The predicted molar refractivity (Wildman–Crippen MR) is 117 cm³/mol. The molecule has 6 rings (SSSR count). The van der Waals surface area contributed by atoms with Crippen LogP contribution in [0.2, 0.25) is 0 Å². The van der Waals surface area contributed by atoms with E-state index in [1.165, 1.54) is 16.7 Å². The fourth-order valence-electron chi connectivity index (χ4n) is 4.80. The van der Waals surface area contributed by atoms with Gasteiger partial charge in [0.25, 0.3) is 0 Å². The average molecular weight is 376 g/mol. The molecule has 0 saturated heterocycles. The third-order valence-electron chi connectivity index (χ3n) is 6.27. The van der Waals surface area contributed by atoms with Crippen molar-refractivity contribution in [1.82, 2.24) is 9.97 Å². The summed E-state index contributed by atoms with van der Waals surface area (Å²) in [7, 11) is 0. The van der Waals surface area contributed by atoms with Crippen molar-refractivity contribution >= 4 is 21.9 Å². The molecule has 3 heteroatoms. The van der Waals surface area contributed by atoms with E-state index in [9.17, 15) is 0 Å². The van der Waals surface area contributed by atoms with Crippen molar-refractivity contribution in [3.05, 3.63) is 83.8 Å². The van der Waals surface area contributed by atoms with E-state index in [1.807, 2.05) is 36.7 Å². The second-order valence-electron chi connectivity index (χ2n) is 8.37. The van der Waals surface area contributed by atoms with E-state index in [0.29, 0.717) is 0 Å². The lowest BCUT2D eigenvalue weighted by molar-refractivity contribution is 0.636. The molecule has 29 heavy (non-hydrogen) atoms. The summed E-state index contributed by atoms with van der Waals surface area (Å²) in [6.07, 6.45) is 3.71. The number of fused-ring (bicyclic) bond motifs is 6. The Balaban J connectivity index is 1.71. The Morgan fingerprint density at radius 1 is 0.828 bits per heavy atom. The predicted octanol–water partition coefficient (Wildman–Crippen LogP) is 6.66. The van der Waals surface area contributed by atoms with Gasteiger partial charge in [-0.05, 0) is 53.9 Å². The van der Waals surface area contributed by atoms with Crippen LogP contribution in [-0.4, -0.2) is 9.97 Å². The minimum atomic E-state index is -0.127. The van der Waals surface area contributed by atoms with E-state index in [4.69, 9.17) is 9.40 Å². The van der Waals surface area contributed by atoms with Crippen LogP contribution in [0, 0.1) is 6.92 Å². The van der Waals surface area contributed by atoms with Crippen molar-refractivity contribution in [2.24, 2.45) is 0 Å². The fraction of sp³-hybridized carbons (Fsp3) is 0.154. The van der Waals surface area contributed by atoms with Crippen molar-refractivity contribution in [3.8, 4) is 22.4 Å². The first-order valence-corrected chi connectivity index (χ1v) is 9.93. The first-order chi connectivity index (χ1) is 14.1.